The summed E-state index contributed by atoms with van der Waals surface area (Å²) >= 11 is 0. The van der Waals surface area contributed by atoms with E-state index >= 15 is 0 Å². The number of nitrogens with one attached hydrogen (secondary N) is 2. The highest BCUT2D eigenvalue weighted by atomic mass is 16.2. The van der Waals surface area contributed by atoms with Crippen LogP contribution in [0.5, 0.6) is 0 Å². The summed E-state index contributed by atoms with van der Waals surface area (Å²) in [5, 5.41) is 5.90. The highest BCUT2D eigenvalue weighted by Crippen LogP contribution is 2.24. The molecule has 0 saturated carbocycles. The van der Waals surface area contributed by atoms with Gasteiger partial charge in [-0.1, -0.05) is 18.2 Å². The lowest BCUT2D eigenvalue weighted by Crippen LogP contribution is -2.32. The number of benzene rings is 1. The van der Waals surface area contributed by atoms with Gasteiger partial charge in [0.15, 0.2) is 0 Å². The first-order valence-electron chi connectivity index (χ1n) is 10.9. The van der Waals surface area contributed by atoms with Crippen molar-refractivity contribution >= 4 is 23.3 Å². The fraction of sp³-hybridized carbons (Fsp3) is 0.280. The number of nitrogens with zero attached hydrogens (tertiary/aromatic N) is 3. The third kappa shape index (κ3) is 4.94. The highest BCUT2D eigenvalue weighted by molar-refractivity contribution is 6.09. The van der Waals surface area contributed by atoms with Gasteiger partial charge in [0, 0.05) is 49.4 Å². The van der Waals surface area contributed by atoms with Crippen molar-refractivity contribution in [3.05, 3.63) is 83.3 Å². The number of hydrogen-bond donors (Lipinski definition) is 2. The number of rotatable bonds is 6. The van der Waals surface area contributed by atoms with E-state index in [4.69, 9.17) is 0 Å². The second kappa shape index (κ2) is 10.0. The molecule has 1 aliphatic heterocycles. The monoisotopic (exact) mass is 429 g/mol. The summed E-state index contributed by atoms with van der Waals surface area (Å²) in [6, 6.07) is 12.6. The van der Waals surface area contributed by atoms with Crippen LogP contribution in [-0.4, -0.2) is 34.9 Å². The largest absolute Gasteiger partial charge is 0.356 e. The Labute approximate surface area is 187 Å². The van der Waals surface area contributed by atoms with Crippen LogP contribution >= 0.6 is 0 Å². The normalized spacial score (nSPS) is 13.5. The van der Waals surface area contributed by atoms with Gasteiger partial charge in [0.25, 0.3) is 11.8 Å². The molecule has 0 atom stereocenters. The van der Waals surface area contributed by atoms with E-state index < -0.39 is 0 Å². The number of pyridine rings is 2. The van der Waals surface area contributed by atoms with Gasteiger partial charge in [0.05, 0.1) is 11.3 Å². The number of amides is 2. The number of carbonyl (C=O) groups excluding carboxylic acids is 2. The molecule has 7 heteroatoms. The third-order valence-electron chi connectivity index (χ3n) is 5.66. The van der Waals surface area contributed by atoms with E-state index in [1.807, 2.05) is 31.2 Å². The number of aromatic nitrogens is 2. The van der Waals surface area contributed by atoms with Gasteiger partial charge in [-0.05, 0) is 56.0 Å². The van der Waals surface area contributed by atoms with Crippen LogP contribution in [0.4, 0.5) is 11.5 Å². The zero-order valence-electron chi connectivity index (χ0n) is 18.2. The molecular formula is C25H27N5O2. The Balaban J connectivity index is 1.50. The lowest BCUT2D eigenvalue weighted by atomic mass is 10.1. The first-order valence-corrected chi connectivity index (χ1v) is 10.9. The topological polar surface area (TPSA) is 87.2 Å². The molecule has 4 rings (SSSR count). The van der Waals surface area contributed by atoms with Crippen molar-refractivity contribution in [2.75, 3.05) is 23.3 Å². The van der Waals surface area contributed by atoms with E-state index in [0.717, 1.165) is 42.9 Å². The number of anilines is 2. The van der Waals surface area contributed by atoms with Crippen molar-refractivity contribution in [3.63, 3.8) is 0 Å². The van der Waals surface area contributed by atoms with E-state index in [1.54, 1.807) is 36.8 Å². The molecular weight excluding hydrogens is 402 g/mol. The number of hydrogen-bond acceptors (Lipinski definition) is 5. The van der Waals surface area contributed by atoms with Gasteiger partial charge in [-0.25, -0.2) is 4.98 Å². The summed E-state index contributed by atoms with van der Waals surface area (Å²) in [7, 11) is 0. The Morgan fingerprint density at radius 2 is 1.72 bits per heavy atom. The van der Waals surface area contributed by atoms with Gasteiger partial charge < -0.3 is 15.5 Å². The molecule has 164 valence electrons. The average Bonchev–Trinajstić information content (AvgIpc) is 2.85. The standard InChI is InChI=1S/C25H27N5O2/c1-18-7-5-9-21(22(18)29-24(31)19-10-13-26-14-11-19)25(32)28-17-20-8-6-12-27-23(20)30-15-3-2-4-16-30/h5-14H,2-4,15-17H2,1H3,(H,28,32)(H,29,31). The first kappa shape index (κ1) is 21.5. The summed E-state index contributed by atoms with van der Waals surface area (Å²) in [4.78, 5) is 36.5. The van der Waals surface area contributed by atoms with Crippen LogP contribution in [0.2, 0.25) is 0 Å². The Bertz CT molecular complexity index is 1090. The van der Waals surface area contributed by atoms with Crippen LogP contribution in [0.25, 0.3) is 0 Å². The molecule has 2 aromatic heterocycles. The fourth-order valence-electron chi connectivity index (χ4n) is 3.94. The minimum absolute atomic E-state index is 0.243. The Morgan fingerprint density at radius 1 is 0.938 bits per heavy atom. The molecule has 1 fully saturated rings. The summed E-state index contributed by atoms with van der Waals surface area (Å²) in [5.41, 5.74) is 3.22. The zero-order valence-corrected chi connectivity index (χ0v) is 18.2. The molecule has 0 spiro atoms. The Hall–Kier alpha value is -3.74. The van der Waals surface area contributed by atoms with E-state index in [9.17, 15) is 9.59 Å². The molecule has 0 aliphatic carbocycles. The van der Waals surface area contributed by atoms with Crippen LogP contribution in [0, 0.1) is 6.92 Å². The number of aryl methyl sites for hydroxylation is 1. The van der Waals surface area contributed by atoms with Crippen LogP contribution < -0.4 is 15.5 Å². The quantitative estimate of drug-likeness (QED) is 0.619. The molecule has 1 saturated heterocycles. The van der Waals surface area contributed by atoms with E-state index in [-0.39, 0.29) is 11.8 Å². The van der Waals surface area contributed by atoms with Crippen molar-refractivity contribution in [2.24, 2.45) is 0 Å². The molecule has 0 radical (unpaired) electrons. The third-order valence-corrected chi connectivity index (χ3v) is 5.66. The van der Waals surface area contributed by atoms with Crippen LogP contribution in [0.3, 0.4) is 0 Å². The lowest BCUT2D eigenvalue weighted by Gasteiger charge is -2.29. The predicted octanol–water partition coefficient (Wildman–Crippen LogP) is 3.96. The fourth-order valence-corrected chi connectivity index (χ4v) is 3.94. The van der Waals surface area contributed by atoms with Gasteiger partial charge in [-0.15, -0.1) is 0 Å². The molecule has 1 aromatic carbocycles. The molecule has 3 heterocycles. The SMILES string of the molecule is Cc1cccc(C(=O)NCc2cccnc2N2CCCCC2)c1NC(=O)c1ccncc1. The number of carbonyl (C=O) groups is 2. The van der Waals surface area contributed by atoms with Crippen LogP contribution in [-0.2, 0) is 6.54 Å². The number of piperidine rings is 1. The van der Waals surface area contributed by atoms with E-state index in [1.165, 1.54) is 6.42 Å². The summed E-state index contributed by atoms with van der Waals surface area (Å²) in [5.74, 6) is 0.408. The van der Waals surface area contributed by atoms with Crippen molar-refractivity contribution in [1.82, 2.24) is 15.3 Å². The highest BCUT2D eigenvalue weighted by Gasteiger charge is 2.19. The van der Waals surface area contributed by atoms with E-state index in [2.05, 4.69) is 25.5 Å². The maximum absolute atomic E-state index is 13.1. The minimum atomic E-state index is -0.282. The summed E-state index contributed by atoms with van der Waals surface area (Å²) < 4.78 is 0. The molecule has 0 unspecified atom stereocenters. The molecule has 3 aromatic rings. The van der Waals surface area contributed by atoms with Gasteiger partial charge in [-0.3, -0.25) is 14.6 Å². The molecule has 0 bridgehead atoms. The predicted molar refractivity (Wildman–Crippen MR) is 125 cm³/mol. The maximum atomic E-state index is 13.1. The lowest BCUT2D eigenvalue weighted by molar-refractivity contribution is 0.0951. The minimum Gasteiger partial charge on any atom is -0.356 e. The van der Waals surface area contributed by atoms with Gasteiger partial charge in [0.1, 0.15) is 5.82 Å². The zero-order chi connectivity index (χ0) is 22.3. The first-order chi connectivity index (χ1) is 15.6. The second-order valence-electron chi connectivity index (χ2n) is 7.90. The van der Waals surface area contributed by atoms with Crippen LogP contribution in [0.15, 0.2) is 61.1 Å². The number of para-hydroxylation sites is 1. The molecule has 2 N–H and O–H groups in total. The Kier molecular flexibility index (Phi) is 6.75. The van der Waals surface area contributed by atoms with Crippen molar-refractivity contribution in [1.29, 1.82) is 0 Å². The second-order valence-corrected chi connectivity index (χ2v) is 7.90. The summed E-state index contributed by atoms with van der Waals surface area (Å²) in [6.07, 6.45) is 8.49. The van der Waals surface area contributed by atoms with E-state index in [0.29, 0.717) is 23.4 Å². The van der Waals surface area contributed by atoms with Crippen molar-refractivity contribution in [2.45, 2.75) is 32.7 Å². The van der Waals surface area contributed by atoms with Crippen molar-refractivity contribution < 1.29 is 9.59 Å². The molecule has 1 aliphatic rings. The molecule has 2 amide bonds. The van der Waals surface area contributed by atoms with Crippen LogP contribution in [0.1, 0.15) is 51.1 Å². The maximum Gasteiger partial charge on any atom is 0.255 e. The Morgan fingerprint density at radius 3 is 2.50 bits per heavy atom. The molecule has 7 nitrogen and oxygen atoms in total. The average molecular weight is 430 g/mol. The summed E-state index contributed by atoms with van der Waals surface area (Å²) in [6.45, 7) is 4.21. The molecule has 32 heavy (non-hydrogen) atoms. The van der Waals surface area contributed by atoms with Gasteiger partial charge >= 0.3 is 0 Å². The van der Waals surface area contributed by atoms with Gasteiger partial charge in [0.2, 0.25) is 0 Å². The van der Waals surface area contributed by atoms with Crippen molar-refractivity contribution in [3.8, 4) is 0 Å². The van der Waals surface area contributed by atoms with Gasteiger partial charge in [-0.2, -0.15) is 0 Å². The smallest absolute Gasteiger partial charge is 0.255 e.